The molecule has 1 aliphatic heterocycles. The SMILES string of the molecule is ClCC1CCN(Cc2ccncc2Cl)C1. The molecule has 0 saturated carbocycles. The zero-order chi connectivity index (χ0) is 10.7. The van der Waals surface area contributed by atoms with Crippen molar-refractivity contribution in [1.29, 1.82) is 0 Å². The fraction of sp³-hybridized carbons (Fsp3) is 0.545. The van der Waals surface area contributed by atoms with Gasteiger partial charge in [0.15, 0.2) is 0 Å². The summed E-state index contributed by atoms with van der Waals surface area (Å²) >= 11 is 11.9. The van der Waals surface area contributed by atoms with Crippen LogP contribution in [0.5, 0.6) is 0 Å². The van der Waals surface area contributed by atoms with Crippen molar-refractivity contribution >= 4 is 23.2 Å². The molecular weight excluding hydrogens is 231 g/mol. The molecule has 1 fully saturated rings. The highest BCUT2D eigenvalue weighted by Crippen LogP contribution is 2.22. The Kier molecular flexibility index (Phi) is 3.84. The Morgan fingerprint density at radius 3 is 3.07 bits per heavy atom. The van der Waals surface area contributed by atoms with Gasteiger partial charge >= 0.3 is 0 Å². The monoisotopic (exact) mass is 244 g/mol. The highest BCUT2D eigenvalue weighted by Gasteiger charge is 2.21. The molecule has 4 heteroatoms. The minimum atomic E-state index is 0.646. The summed E-state index contributed by atoms with van der Waals surface area (Å²) < 4.78 is 0. The lowest BCUT2D eigenvalue weighted by atomic mass is 10.2. The summed E-state index contributed by atoms with van der Waals surface area (Å²) in [4.78, 5) is 6.38. The average molecular weight is 245 g/mol. The van der Waals surface area contributed by atoms with Gasteiger partial charge in [0.1, 0.15) is 0 Å². The molecule has 0 amide bonds. The molecule has 0 aromatic carbocycles. The standard InChI is InChI=1S/C11H14Cl2N2/c12-5-9-2-4-15(7-9)8-10-1-3-14-6-11(10)13/h1,3,6,9H,2,4-5,7-8H2. The summed E-state index contributed by atoms with van der Waals surface area (Å²) in [5, 5.41) is 0.756. The van der Waals surface area contributed by atoms with Crippen LogP contribution in [0, 0.1) is 5.92 Å². The Hall–Kier alpha value is -0.310. The van der Waals surface area contributed by atoms with Crippen LogP contribution in [0.1, 0.15) is 12.0 Å². The second-order valence-electron chi connectivity index (χ2n) is 4.01. The Morgan fingerprint density at radius 1 is 1.53 bits per heavy atom. The number of alkyl halides is 1. The molecule has 2 heterocycles. The van der Waals surface area contributed by atoms with Crippen LogP contribution in [-0.2, 0) is 6.54 Å². The van der Waals surface area contributed by atoms with Crippen LogP contribution in [0.4, 0.5) is 0 Å². The van der Waals surface area contributed by atoms with Gasteiger partial charge in [-0.2, -0.15) is 0 Å². The molecule has 0 aliphatic carbocycles. The third-order valence-electron chi connectivity index (χ3n) is 2.84. The smallest absolute Gasteiger partial charge is 0.0634 e. The number of pyridine rings is 1. The van der Waals surface area contributed by atoms with E-state index in [-0.39, 0.29) is 0 Å². The van der Waals surface area contributed by atoms with E-state index in [1.165, 1.54) is 6.42 Å². The Bertz CT molecular complexity index is 330. The van der Waals surface area contributed by atoms with E-state index in [0.29, 0.717) is 5.92 Å². The first-order valence-corrected chi connectivity index (χ1v) is 6.07. The number of hydrogen-bond acceptors (Lipinski definition) is 2. The van der Waals surface area contributed by atoms with E-state index in [0.717, 1.165) is 36.1 Å². The Labute approximate surface area is 100 Å². The number of rotatable bonds is 3. The van der Waals surface area contributed by atoms with Gasteiger partial charge in [0.05, 0.1) is 5.02 Å². The van der Waals surface area contributed by atoms with E-state index < -0.39 is 0 Å². The van der Waals surface area contributed by atoms with Crippen molar-refractivity contribution in [2.45, 2.75) is 13.0 Å². The Balaban J connectivity index is 1.96. The summed E-state index contributed by atoms with van der Waals surface area (Å²) in [6.45, 7) is 3.12. The van der Waals surface area contributed by atoms with Crippen molar-refractivity contribution < 1.29 is 0 Å². The first-order chi connectivity index (χ1) is 7.29. The van der Waals surface area contributed by atoms with Gasteiger partial charge in [-0.3, -0.25) is 9.88 Å². The van der Waals surface area contributed by atoms with Gasteiger partial charge in [0, 0.05) is 31.4 Å². The summed E-state index contributed by atoms with van der Waals surface area (Å²) in [7, 11) is 0. The fourth-order valence-electron chi connectivity index (χ4n) is 1.96. The molecule has 0 spiro atoms. The summed E-state index contributed by atoms with van der Waals surface area (Å²) in [5.41, 5.74) is 1.15. The predicted octanol–water partition coefficient (Wildman–Crippen LogP) is 2.80. The second-order valence-corrected chi connectivity index (χ2v) is 4.73. The van der Waals surface area contributed by atoms with Crippen LogP contribution < -0.4 is 0 Å². The van der Waals surface area contributed by atoms with Crippen LogP contribution >= 0.6 is 23.2 Å². The normalized spacial score (nSPS) is 22.1. The summed E-state index contributed by atoms with van der Waals surface area (Å²) in [6, 6.07) is 1.98. The number of halogens is 2. The molecule has 2 nitrogen and oxygen atoms in total. The van der Waals surface area contributed by atoms with Crippen LogP contribution in [-0.4, -0.2) is 28.9 Å². The van der Waals surface area contributed by atoms with Gasteiger partial charge in [0.2, 0.25) is 0 Å². The molecule has 1 atom stereocenters. The van der Waals surface area contributed by atoms with Gasteiger partial charge in [0.25, 0.3) is 0 Å². The lowest BCUT2D eigenvalue weighted by Gasteiger charge is -2.16. The van der Waals surface area contributed by atoms with Gasteiger partial charge in [-0.1, -0.05) is 11.6 Å². The van der Waals surface area contributed by atoms with E-state index >= 15 is 0 Å². The van der Waals surface area contributed by atoms with Crippen molar-refractivity contribution in [3.05, 3.63) is 29.0 Å². The summed E-state index contributed by atoms with van der Waals surface area (Å²) in [6.07, 6.45) is 4.69. The van der Waals surface area contributed by atoms with E-state index in [2.05, 4.69) is 9.88 Å². The van der Waals surface area contributed by atoms with E-state index in [9.17, 15) is 0 Å². The molecule has 1 unspecified atom stereocenters. The molecule has 0 radical (unpaired) electrons. The first kappa shape index (κ1) is 11.2. The van der Waals surface area contributed by atoms with Gasteiger partial charge in [-0.25, -0.2) is 0 Å². The van der Waals surface area contributed by atoms with E-state index in [1.54, 1.807) is 12.4 Å². The molecule has 0 bridgehead atoms. The first-order valence-electron chi connectivity index (χ1n) is 5.16. The molecule has 2 rings (SSSR count). The molecule has 1 aliphatic rings. The third kappa shape index (κ3) is 2.83. The zero-order valence-electron chi connectivity index (χ0n) is 8.50. The van der Waals surface area contributed by atoms with Gasteiger partial charge in [-0.15, -0.1) is 11.6 Å². The fourth-order valence-corrected chi connectivity index (χ4v) is 2.39. The van der Waals surface area contributed by atoms with Gasteiger partial charge in [-0.05, 0) is 30.5 Å². The van der Waals surface area contributed by atoms with E-state index in [1.807, 2.05) is 6.07 Å². The average Bonchev–Trinajstić information content (AvgIpc) is 2.69. The highest BCUT2D eigenvalue weighted by atomic mass is 35.5. The Morgan fingerprint density at radius 2 is 2.40 bits per heavy atom. The van der Waals surface area contributed by atoms with Crippen molar-refractivity contribution in [2.24, 2.45) is 5.92 Å². The lowest BCUT2D eigenvalue weighted by Crippen LogP contribution is -2.20. The van der Waals surface area contributed by atoms with Crippen molar-refractivity contribution in [3.63, 3.8) is 0 Å². The molecule has 1 aromatic heterocycles. The largest absolute Gasteiger partial charge is 0.299 e. The van der Waals surface area contributed by atoms with Gasteiger partial charge < -0.3 is 0 Å². The van der Waals surface area contributed by atoms with Crippen LogP contribution in [0.3, 0.4) is 0 Å². The molecule has 0 N–H and O–H groups in total. The maximum Gasteiger partial charge on any atom is 0.0634 e. The molecule has 15 heavy (non-hydrogen) atoms. The number of nitrogens with zero attached hydrogens (tertiary/aromatic N) is 2. The minimum Gasteiger partial charge on any atom is -0.299 e. The second kappa shape index (κ2) is 5.15. The molecule has 1 aromatic rings. The zero-order valence-corrected chi connectivity index (χ0v) is 10.0. The number of hydrogen-bond donors (Lipinski definition) is 0. The van der Waals surface area contributed by atoms with Crippen LogP contribution in [0.25, 0.3) is 0 Å². The topological polar surface area (TPSA) is 16.1 Å². The van der Waals surface area contributed by atoms with Crippen molar-refractivity contribution in [2.75, 3.05) is 19.0 Å². The predicted molar refractivity (Wildman–Crippen MR) is 63.4 cm³/mol. The van der Waals surface area contributed by atoms with E-state index in [4.69, 9.17) is 23.2 Å². The maximum absolute atomic E-state index is 6.06. The molecule has 82 valence electrons. The quantitative estimate of drug-likeness (QED) is 0.761. The molecular formula is C11H14Cl2N2. The lowest BCUT2D eigenvalue weighted by molar-refractivity contribution is 0.321. The third-order valence-corrected chi connectivity index (χ3v) is 3.62. The number of likely N-dealkylation sites (tertiary alicyclic amines) is 1. The maximum atomic E-state index is 6.06. The minimum absolute atomic E-state index is 0.646. The molecule has 1 saturated heterocycles. The summed E-state index contributed by atoms with van der Waals surface area (Å²) in [5.74, 6) is 1.41. The van der Waals surface area contributed by atoms with Crippen molar-refractivity contribution in [3.8, 4) is 0 Å². The number of aromatic nitrogens is 1. The van der Waals surface area contributed by atoms with Crippen molar-refractivity contribution in [1.82, 2.24) is 9.88 Å². The highest BCUT2D eigenvalue weighted by molar-refractivity contribution is 6.31. The van der Waals surface area contributed by atoms with Crippen LogP contribution in [0.2, 0.25) is 5.02 Å². The van der Waals surface area contributed by atoms with Crippen LogP contribution in [0.15, 0.2) is 18.5 Å².